The number of alkyl halides is 2. The Bertz CT molecular complexity index is 1560. The minimum absolute atomic E-state index is 0.0990. The van der Waals surface area contributed by atoms with Crippen molar-refractivity contribution in [3.05, 3.63) is 83.3 Å². The van der Waals surface area contributed by atoms with Crippen LogP contribution in [0.15, 0.2) is 57.8 Å². The van der Waals surface area contributed by atoms with Gasteiger partial charge < -0.3 is 18.7 Å². The van der Waals surface area contributed by atoms with Crippen molar-refractivity contribution in [3.63, 3.8) is 0 Å². The summed E-state index contributed by atoms with van der Waals surface area (Å²) >= 11 is 0. The van der Waals surface area contributed by atoms with Gasteiger partial charge in [0.15, 0.2) is 11.5 Å². The van der Waals surface area contributed by atoms with Crippen molar-refractivity contribution in [1.82, 2.24) is 30.0 Å². The normalized spacial score (nSPS) is 15.7. The summed E-state index contributed by atoms with van der Waals surface area (Å²) in [6.07, 6.45) is 0.303. The Labute approximate surface area is 194 Å². The highest BCUT2D eigenvalue weighted by molar-refractivity contribution is 5.91. The Hall–Kier alpha value is -4.48. The molecule has 5 aromatic rings. The number of carbonyl (C=O) groups is 1. The molecular formula is C23H15F3N6O3. The summed E-state index contributed by atoms with van der Waals surface area (Å²) < 4.78 is 53.9. The molecule has 35 heavy (non-hydrogen) atoms. The van der Waals surface area contributed by atoms with Crippen LogP contribution in [-0.4, -0.2) is 42.5 Å². The lowest BCUT2D eigenvalue weighted by Crippen LogP contribution is -2.41. The van der Waals surface area contributed by atoms with E-state index in [9.17, 15) is 18.0 Å². The van der Waals surface area contributed by atoms with Crippen LogP contribution in [0.3, 0.4) is 0 Å². The highest BCUT2D eigenvalue weighted by Gasteiger charge is 2.41. The van der Waals surface area contributed by atoms with Crippen molar-refractivity contribution in [2.24, 2.45) is 0 Å². The zero-order valence-electron chi connectivity index (χ0n) is 17.8. The first-order valence-electron chi connectivity index (χ1n) is 10.6. The average Bonchev–Trinajstić information content (AvgIpc) is 3.61. The maximum Gasteiger partial charge on any atom is 0.312 e. The van der Waals surface area contributed by atoms with Crippen LogP contribution in [0, 0.1) is 5.82 Å². The van der Waals surface area contributed by atoms with E-state index in [4.69, 9.17) is 8.83 Å². The summed E-state index contributed by atoms with van der Waals surface area (Å²) in [5, 5.41) is 7.75. The van der Waals surface area contributed by atoms with Crippen LogP contribution in [0.5, 0.6) is 0 Å². The first-order chi connectivity index (χ1) is 17.0. The van der Waals surface area contributed by atoms with Crippen LogP contribution in [-0.2, 0) is 6.42 Å². The number of amides is 1. The summed E-state index contributed by atoms with van der Waals surface area (Å²) in [6, 6.07) is 7.92. The molecule has 9 nitrogen and oxygen atoms in total. The molecule has 5 heterocycles. The fraction of sp³-hybridized carbons (Fsp3) is 0.174. The lowest BCUT2D eigenvalue weighted by Gasteiger charge is -2.33. The summed E-state index contributed by atoms with van der Waals surface area (Å²) in [6.45, 7) is 0.133. The number of hydrogen-bond acceptors (Lipinski definition) is 7. The first-order valence-corrected chi connectivity index (χ1v) is 10.6. The van der Waals surface area contributed by atoms with E-state index in [1.165, 1.54) is 35.6 Å². The Morgan fingerprint density at radius 2 is 1.97 bits per heavy atom. The predicted molar refractivity (Wildman–Crippen MR) is 114 cm³/mol. The monoisotopic (exact) mass is 480 g/mol. The predicted octanol–water partition coefficient (Wildman–Crippen LogP) is 4.47. The maximum absolute atomic E-state index is 14.3. The number of aromatic nitrogens is 5. The summed E-state index contributed by atoms with van der Waals surface area (Å²) in [7, 11) is 0. The molecule has 0 unspecified atom stereocenters. The number of pyridine rings is 1. The van der Waals surface area contributed by atoms with E-state index in [1.807, 2.05) is 0 Å². The quantitative estimate of drug-likeness (QED) is 0.404. The highest BCUT2D eigenvalue weighted by Crippen LogP contribution is 2.43. The Morgan fingerprint density at radius 3 is 2.80 bits per heavy atom. The summed E-state index contributed by atoms with van der Waals surface area (Å²) in [5.74, 6) is -2.25. The van der Waals surface area contributed by atoms with E-state index in [-0.39, 0.29) is 40.4 Å². The molecule has 0 radical (unpaired) electrons. The fourth-order valence-corrected chi connectivity index (χ4v) is 4.34. The molecule has 0 bridgehead atoms. The van der Waals surface area contributed by atoms with Crippen LogP contribution in [0.25, 0.3) is 22.6 Å². The minimum atomic E-state index is -2.86. The topological polar surface area (TPSA) is 114 Å². The second-order valence-corrected chi connectivity index (χ2v) is 7.84. The SMILES string of the molecule is O=C(c1nnc(-c2ncccc2F)o1)N1CCc2[nH]cnc2[C@@H]1c1oc2ccccc2c1C(F)F. The lowest BCUT2D eigenvalue weighted by atomic mass is 9.97. The Balaban J connectivity index is 1.46. The van der Waals surface area contributed by atoms with Crippen molar-refractivity contribution in [1.29, 1.82) is 0 Å². The molecule has 0 saturated carbocycles. The van der Waals surface area contributed by atoms with Gasteiger partial charge in [0.25, 0.3) is 12.3 Å². The number of furan rings is 1. The minimum Gasteiger partial charge on any atom is -0.458 e. The number of hydrogen-bond donors (Lipinski definition) is 1. The number of nitrogens with zero attached hydrogens (tertiary/aromatic N) is 5. The van der Waals surface area contributed by atoms with Crippen LogP contribution in [0.2, 0.25) is 0 Å². The molecule has 1 aliphatic heterocycles. The van der Waals surface area contributed by atoms with Crippen molar-refractivity contribution in [2.75, 3.05) is 6.54 Å². The van der Waals surface area contributed by atoms with Crippen molar-refractivity contribution in [3.8, 4) is 11.6 Å². The van der Waals surface area contributed by atoms with Gasteiger partial charge in [0.2, 0.25) is 0 Å². The van der Waals surface area contributed by atoms with Gasteiger partial charge >= 0.3 is 11.8 Å². The number of benzene rings is 1. The molecule has 0 saturated heterocycles. The number of carbonyl (C=O) groups excluding carboxylic acids is 1. The molecule has 0 aliphatic carbocycles. The zero-order valence-corrected chi connectivity index (χ0v) is 17.8. The molecule has 0 spiro atoms. The molecule has 176 valence electrons. The number of H-pyrrole nitrogens is 1. The molecular weight excluding hydrogens is 465 g/mol. The number of nitrogens with one attached hydrogen (secondary N) is 1. The average molecular weight is 480 g/mol. The molecule has 1 amide bonds. The van der Waals surface area contributed by atoms with Crippen molar-refractivity contribution < 1.29 is 26.8 Å². The second-order valence-electron chi connectivity index (χ2n) is 7.84. The van der Waals surface area contributed by atoms with E-state index in [0.29, 0.717) is 17.8 Å². The standard InChI is InChI=1S/C23H15F3N6O3/c24-12-5-3-8-27-16(12)21-30-31-22(35-21)23(33)32-9-7-13-17(29-10-28-13)18(32)19-15(20(25)26)11-4-1-2-6-14(11)34-19/h1-6,8,10,18,20H,7,9H2,(H,28,29)/t18-/m1/s1. The van der Waals surface area contributed by atoms with E-state index < -0.39 is 30.1 Å². The first kappa shape index (κ1) is 21.1. The van der Waals surface area contributed by atoms with E-state index in [2.05, 4.69) is 25.1 Å². The molecule has 1 aliphatic rings. The molecule has 1 atom stereocenters. The second kappa shape index (κ2) is 8.08. The number of aromatic amines is 1. The molecule has 12 heteroatoms. The van der Waals surface area contributed by atoms with Crippen LogP contribution >= 0.6 is 0 Å². The molecule has 0 fully saturated rings. The van der Waals surface area contributed by atoms with Crippen LogP contribution in [0.4, 0.5) is 13.2 Å². The maximum atomic E-state index is 14.3. The lowest BCUT2D eigenvalue weighted by molar-refractivity contribution is 0.0623. The number of imidazole rings is 1. The molecule has 6 rings (SSSR count). The third-order valence-corrected chi connectivity index (χ3v) is 5.88. The van der Waals surface area contributed by atoms with Gasteiger partial charge in [-0.2, -0.15) is 0 Å². The van der Waals surface area contributed by atoms with Gasteiger partial charge in [-0.15, -0.1) is 10.2 Å². The van der Waals surface area contributed by atoms with Gasteiger partial charge in [0.05, 0.1) is 17.6 Å². The third-order valence-electron chi connectivity index (χ3n) is 5.88. The van der Waals surface area contributed by atoms with E-state index in [1.54, 1.807) is 18.2 Å². The van der Waals surface area contributed by atoms with Crippen LogP contribution < -0.4 is 0 Å². The number of para-hydroxylation sites is 1. The number of fused-ring (bicyclic) bond motifs is 2. The zero-order chi connectivity index (χ0) is 24.1. The largest absolute Gasteiger partial charge is 0.458 e. The Morgan fingerprint density at radius 1 is 1.11 bits per heavy atom. The van der Waals surface area contributed by atoms with E-state index >= 15 is 0 Å². The Kier molecular flexibility index (Phi) is 4.87. The number of halogens is 3. The van der Waals surface area contributed by atoms with Crippen LogP contribution in [0.1, 0.15) is 45.9 Å². The van der Waals surface area contributed by atoms with Crippen molar-refractivity contribution >= 4 is 16.9 Å². The van der Waals surface area contributed by atoms with Gasteiger partial charge in [0.1, 0.15) is 17.4 Å². The smallest absolute Gasteiger partial charge is 0.312 e. The highest BCUT2D eigenvalue weighted by atomic mass is 19.3. The van der Waals surface area contributed by atoms with Crippen molar-refractivity contribution in [2.45, 2.75) is 18.9 Å². The van der Waals surface area contributed by atoms with E-state index in [0.717, 1.165) is 0 Å². The molecule has 4 aromatic heterocycles. The molecule has 1 aromatic carbocycles. The van der Waals surface area contributed by atoms with Gasteiger partial charge in [-0.25, -0.2) is 23.1 Å². The summed E-state index contributed by atoms with van der Waals surface area (Å²) in [5.41, 5.74) is 0.809. The third kappa shape index (κ3) is 3.36. The van der Waals surface area contributed by atoms with Gasteiger partial charge in [-0.1, -0.05) is 18.2 Å². The van der Waals surface area contributed by atoms with Gasteiger partial charge in [-0.3, -0.25) is 4.79 Å². The fourth-order valence-electron chi connectivity index (χ4n) is 4.34. The van der Waals surface area contributed by atoms with Gasteiger partial charge in [0, 0.05) is 30.2 Å². The summed E-state index contributed by atoms with van der Waals surface area (Å²) in [4.78, 5) is 25.9. The van der Waals surface area contributed by atoms with Gasteiger partial charge in [-0.05, 0) is 18.2 Å². The molecule has 1 N–H and O–H groups in total. The number of rotatable bonds is 4.